The third-order valence-corrected chi connectivity index (χ3v) is 7.28. The van der Waals surface area contributed by atoms with Gasteiger partial charge in [0.25, 0.3) is 0 Å². The monoisotopic (exact) mass is 302 g/mol. The minimum atomic E-state index is -3.42. The summed E-state index contributed by atoms with van der Waals surface area (Å²) in [5.41, 5.74) is -1.35. The highest BCUT2D eigenvalue weighted by molar-refractivity contribution is 7.92. The number of cyclic esters (lactones) is 1. The maximum atomic E-state index is 12.8. The Morgan fingerprint density at radius 2 is 1.95 bits per heavy atom. The summed E-state index contributed by atoms with van der Waals surface area (Å²) in [6.07, 6.45) is 0.363. The lowest BCUT2D eigenvalue weighted by atomic mass is 9.75. The minimum absolute atomic E-state index is 0.0156. The zero-order valence-electron chi connectivity index (χ0n) is 12.4. The number of rotatable bonds is 0. The summed E-state index contributed by atoms with van der Waals surface area (Å²) in [7, 11) is -3.42. The van der Waals surface area contributed by atoms with E-state index in [0.717, 1.165) is 6.42 Å². The van der Waals surface area contributed by atoms with Crippen LogP contribution in [0.4, 0.5) is 0 Å². The van der Waals surface area contributed by atoms with Crippen molar-refractivity contribution in [2.45, 2.75) is 64.1 Å². The van der Waals surface area contributed by atoms with Crippen molar-refractivity contribution in [2.24, 2.45) is 10.8 Å². The van der Waals surface area contributed by atoms with Gasteiger partial charge in [-0.3, -0.25) is 4.79 Å². The Kier molecular flexibility index (Phi) is 2.85. The van der Waals surface area contributed by atoms with Gasteiger partial charge in [-0.2, -0.15) is 0 Å². The number of carbonyl (C=O) groups is 1. The maximum Gasteiger partial charge on any atom is 0.313 e. The molecule has 0 spiro atoms. The first-order chi connectivity index (χ1) is 9.06. The van der Waals surface area contributed by atoms with Crippen molar-refractivity contribution in [3.63, 3.8) is 0 Å². The van der Waals surface area contributed by atoms with Crippen LogP contribution in [0.3, 0.4) is 0 Å². The summed E-state index contributed by atoms with van der Waals surface area (Å²) < 4.78 is 36.6. The standard InChI is InChI=1S/C14H22O5S/c1-13(2,3)9-7-20(16,17)11-10-8(18-10)5-6-14(11,4)12(15)19-9/h8-11H,5-7H2,1-4H3/t8-,9-,10-,11-,14+/m1/s1. The molecule has 114 valence electrons. The van der Waals surface area contributed by atoms with Crippen LogP contribution in [0.5, 0.6) is 0 Å². The highest BCUT2D eigenvalue weighted by Gasteiger charge is 2.66. The second-order valence-electron chi connectivity index (χ2n) is 7.61. The number of epoxide rings is 1. The predicted molar refractivity (Wildman–Crippen MR) is 72.9 cm³/mol. The van der Waals surface area contributed by atoms with Crippen LogP contribution in [0.2, 0.25) is 0 Å². The number of ether oxygens (including phenoxy) is 2. The molecule has 3 rings (SSSR count). The molecule has 1 aliphatic carbocycles. The molecule has 0 aromatic heterocycles. The Balaban J connectivity index is 2.05. The molecule has 2 heterocycles. The molecule has 0 N–H and O–H groups in total. The van der Waals surface area contributed by atoms with Crippen molar-refractivity contribution in [1.82, 2.24) is 0 Å². The average Bonchev–Trinajstić information content (AvgIpc) is 3.03. The second-order valence-corrected chi connectivity index (χ2v) is 9.77. The molecule has 0 bridgehead atoms. The summed E-state index contributed by atoms with van der Waals surface area (Å²) in [6, 6.07) is 0. The van der Waals surface area contributed by atoms with Gasteiger partial charge in [-0.15, -0.1) is 0 Å². The zero-order chi connectivity index (χ0) is 14.9. The molecule has 6 heteroatoms. The van der Waals surface area contributed by atoms with Gasteiger partial charge in [-0.25, -0.2) is 8.42 Å². The first kappa shape index (κ1) is 14.3. The molecule has 3 aliphatic rings. The molecular weight excluding hydrogens is 280 g/mol. The van der Waals surface area contributed by atoms with Gasteiger partial charge in [0.15, 0.2) is 9.84 Å². The van der Waals surface area contributed by atoms with Gasteiger partial charge in [0, 0.05) is 0 Å². The van der Waals surface area contributed by atoms with E-state index in [1.54, 1.807) is 6.92 Å². The Morgan fingerprint density at radius 3 is 2.55 bits per heavy atom. The van der Waals surface area contributed by atoms with E-state index in [1.165, 1.54) is 0 Å². The summed E-state index contributed by atoms with van der Waals surface area (Å²) in [5, 5.41) is -0.742. The van der Waals surface area contributed by atoms with E-state index in [9.17, 15) is 13.2 Å². The van der Waals surface area contributed by atoms with E-state index in [1.807, 2.05) is 20.8 Å². The highest BCUT2D eigenvalue weighted by atomic mass is 32.2. The number of hydrogen-bond donors (Lipinski definition) is 0. The van der Waals surface area contributed by atoms with E-state index in [2.05, 4.69) is 0 Å². The van der Waals surface area contributed by atoms with E-state index in [4.69, 9.17) is 9.47 Å². The van der Waals surface area contributed by atoms with Gasteiger partial charge in [-0.1, -0.05) is 20.8 Å². The number of hydrogen-bond acceptors (Lipinski definition) is 5. The summed E-state index contributed by atoms with van der Waals surface area (Å²) in [6.45, 7) is 7.41. The predicted octanol–water partition coefficient (Wildman–Crippen LogP) is 1.31. The van der Waals surface area contributed by atoms with Gasteiger partial charge in [-0.05, 0) is 25.2 Å². The van der Waals surface area contributed by atoms with Crippen LogP contribution in [0.25, 0.3) is 0 Å². The molecular formula is C14H22O5S. The molecule has 5 atom stereocenters. The molecule has 0 radical (unpaired) electrons. The first-order valence-electron chi connectivity index (χ1n) is 7.14. The van der Waals surface area contributed by atoms with E-state index in [0.29, 0.717) is 6.42 Å². The zero-order valence-corrected chi connectivity index (χ0v) is 13.2. The van der Waals surface area contributed by atoms with Crippen LogP contribution in [-0.2, 0) is 24.1 Å². The van der Waals surface area contributed by atoms with Crippen molar-refractivity contribution in [2.75, 3.05) is 5.75 Å². The molecule has 5 nitrogen and oxygen atoms in total. The largest absolute Gasteiger partial charge is 0.460 e. The number of sulfone groups is 1. The van der Waals surface area contributed by atoms with Crippen LogP contribution in [0, 0.1) is 10.8 Å². The quantitative estimate of drug-likeness (QED) is 0.498. The molecule has 0 unspecified atom stereocenters. The first-order valence-corrected chi connectivity index (χ1v) is 8.85. The molecule has 0 aromatic carbocycles. The molecule has 0 amide bonds. The molecule has 1 saturated carbocycles. The number of esters is 1. The lowest BCUT2D eigenvalue weighted by Crippen LogP contribution is -2.50. The lowest BCUT2D eigenvalue weighted by molar-refractivity contribution is -0.164. The molecule has 0 aromatic rings. The van der Waals surface area contributed by atoms with Gasteiger partial charge in [0.2, 0.25) is 0 Å². The van der Waals surface area contributed by atoms with Crippen LogP contribution in [0.15, 0.2) is 0 Å². The Labute approximate surface area is 119 Å². The van der Waals surface area contributed by atoms with Gasteiger partial charge in [0.05, 0.1) is 17.3 Å². The van der Waals surface area contributed by atoms with Gasteiger partial charge in [0.1, 0.15) is 17.5 Å². The van der Waals surface area contributed by atoms with Crippen LogP contribution < -0.4 is 0 Å². The lowest BCUT2D eigenvalue weighted by Gasteiger charge is -2.34. The SMILES string of the molecule is CC(C)(C)[C@H]1CS(=O)(=O)[C@@H]2[C@@H]3O[C@@H]3CC[C@]2(C)C(=O)O1. The van der Waals surface area contributed by atoms with Crippen molar-refractivity contribution in [1.29, 1.82) is 0 Å². The van der Waals surface area contributed by atoms with Crippen LogP contribution >= 0.6 is 0 Å². The minimum Gasteiger partial charge on any atom is -0.460 e. The Bertz CT molecular complexity index is 546. The normalized spacial score (nSPS) is 46.7. The van der Waals surface area contributed by atoms with Gasteiger partial charge < -0.3 is 9.47 Å². The maximum absolute atomic E-state index is 12.8. The van der Waals surface area contributed by atoms with Crippen molar-refractivity contribution in [3.8, 4) is 0 Å². The second kappa shape index (κ2) is 3.97. The topological polar surface area (TPSA) is 73.0 Å². The Hall–Kier alpha value is -0.620. The summed E-state index contributed by atoms with van der Waals surface area (Å²) in [5.74, 6) is -0.479. The fraction of sp³-hybridized carbons (Fsp3) is 0.929. The van der Waals surface area contributed by atoms with Gasteiger partial charge >= 0.3 is 5.97 Å². The molecule has 20 heavy (non-hydrogen) atoms. The van der Waals surface area contributed by atoms with Crippen molar-refractivity contribution < 1.29 is 22.7 Å². The van der Waals surface area contributed by atoms with Crippen molar-refractivity contribution in [3.05, 3.63) is 0 Å². The Morgan fingerprint density at radius 1 is 1.30 bits per heavy atom. The fourth-order valence-corrected chi connectivity index (χ4v) is 6.31. The third kappa shape index (κ3) is 1.99. The molecule has 2 saturated heterocycles. The highest BCUT2D eigenvalue weighted by Crippen LogP contribution is 2.52. The fourth-order valence-electron chi connectivity index (χ4n) is 3.46. The molecule has 3 fully saturated rings. The van der Waals surface area contributed by atoms with Crippen molar-refractivity contribution >= 4 is 15.8 Å². The average molecular weight is 302 g/mol. The smallest absolute Gasteiger partial charge is 0.313 e. The van der Waals surface area contributed by atoms with E-state index in [-0.39, 0.29) is 23.9 Å². The summed E-state index contributed by atoms with van der Waals surface area (Å²) >= 11 is 0. The van der Waals surface area contributed by atoms with Crippen LogP contribution in [0.1, 0.15) is 40.5 Å². The summed E-state index contributed by atoms with van der Waals surface area (Å²) in [4.78, 5) is 12.5. The van der Waals surface area contributed by atoms with Crippen LogP contribution in [-0.4, -0.2) is 43.7 Å². The third-order valence-electron chi connectivity index (χ3n) is 4.95. The van der Waals surface area contributed by atoms with E-state index < -0.39 is 32.0 Å². The molecule has 2 aliphatic heterocycles. The van der Waals surface area contributed by atoms with E-state index >= 15 is 0 Å². The number of carbonyl (C=O) groups excluding carboxylic acids is 1. The number of fused-ring (bicyclic) bond motifs is 3.